The monoisotopic (exact) mass is 385 g/mol. The third-order valence-electron chi connectivity index (χ3n) is 3.87. The predicted octanol–water partition coefficient (Wildman–Crippen LogP) is 2.77. The minimum absolute atomic E-state index is 0.00522. The highest BCUT2D eigenvalue weighted by Crippen LogP contribution is 2.34. The molecule has 2 aromatic rings. The Morgan fingerprint density at radius 3 is 2.63 bits per heavy atom. The number of aliphatic carboxylic acids is 1. The van der Waals surface area contributed by atoms with Gasteiger partial charge in [-0.1, -0.05) is 12.1 Å². The number of hydrogen-bond donors (Lipinski definition) is 1. The second-order valence-electron chi connectivity index (χ2n) is 5.64. The third-order valence-corrected chi connectivity index (χ3v) is 3.87. The van der Waals surface area contributed by atoms with Crippen LogP contribution < -0.4 is 4.74 Å². The largest absolute Gasteiger partial charge is 0.573 e. The van der Waals surface area contributed by atoms with Gasteiger partial charge >= 0.3 is 12.3 Å². The lowest BCUT2D eigenvalue weighted by molar-refractivity contribution is -0.274. The number of para-hydroxylation sites is 1. The second kappa shape index (κ2) is 7.31. The Morgan fingerprint density at radius 2 is 1.93 bits per heavy atom. The van der Waals surface area contributed by atoms with Crippen molar-refractivity contribution in [2.24, 2.45) is 0 Å². The summed E-state index contributed by atoms with van der Waals surface area (Å²) in [5, 5.41) is 9.20. The first-order valence-electron chi connectivity index (χ1n) is 7.83. The molecule has 144 valence electrons. The van der Waals surface area contributed by atoms with Crippen LogP contribution in [0.25, 0.3) is 11.3 Å². The number of alkyl halides is 3. The third kappa shape index (κ3) is 4.22. The zero-order valence-electron chi connectivity index (χ0n) is 13.7. The van der Waals surface area contributed by atoms with Gasteiger partial charge in [0, 0.05) is 6.54 Å². The molecule has 0 radical (unpaired) electrons. The zero-order valence-corrected chi connectivity index (χ0v) is 13.7. The molecule has 1 aromatic carbocycles. The number of carboxylic acids is 1. The van der Waals surface area contributed by atoms with E-state index in [0.29, 0.717) is 0 Å². The molecule has 1 unspecified atom stereocenters. The van der Waals surface area contributed by atoms with E-state index in [1.165, 1.54) is 30.3 Å². The Labute approximate surface area is 150 Å². The average molecular weight is 385 g/mol. The van der Waals surface area contributed by atoms with Crippen molar-refractivity contribution in [3.63, 3.8) is 0 Å². The van der Waals surface area contributed by atoms with Gasteiger partial charge < -0.3 is 23.9 Å². The number of nitrogens with zero attached hydrogens (tertiary/aromatic N) is 1. The van der Waals surface area contributed by atoms with Crippen molar-refractivity contribution in [3.8, 4) is 17.1 Å². The molecule has 1 fully saturated rings. The maximum Gasteiger partial charge on any atom is 0.573 e. The summed E-state index contributed by atoms with van der Waals surface area (Å²) in [6, 6.07) is 6.76. The van der Waals surface area contributed by atoms with E-state index >= 15 is 0 Å². The van der Waals surface area contributed by atoms with Crippen LogP contribution in [-0.2, 0) is 9.53 Å². The Kier molecular flexibility index (Phi) is 5.08. The molecule has 0 aliphatic carbocycles. The Morgan fingerprint density at radius 1 is 1.19 bits per heavy atom. The standard InChI is InChI=1S/C17H14F3NO6/c18-17(19,20)27-13-4-2-1-3-10(13)12-5-6-14(26-12)15(22)21-7-8-25-9-11(21)16(23)24/h1-6,11H,7-9H2,(H,23,24). The summed E-state index contributed by atoms with van der Waals surface area (Å²) in [5.41, 5.74) is 0.00522. The lowest BCUT2D eigenvalue weighted by atomic mass is 10.1. The van der Waals surface area contributed by atoms with E-state index in [1.807, 2.05) is 0 Å². The maximum atomic E-state index is 12.6. The molecule has 1 amide bonds. The van der Waals surface area contributed by atoms with Crippen LogP contribution in [0.3, 0.4) is 0 Å². The average Bonchev–Trinajstić information content (AvgIpc) is 3.10. The predicted molar refractivity (Wildman–Crippen MR) is 84.1 cm³/mol. The van der Waals surface area contributed by atoms with E-state index in [9.17, 15) is 27.9 Å². The molecule has 7 nitrogen and oxygen atoms in total. The number of carbonyl (C=O) groups excluding carboxylic acids is 1. The van der Waals surface area contributed by atoms with Gasteiger partial charge in [-0.25, -0.2) is 4.79 Å². The highest BCUT2D eigenvalue weighted by molar-refractivity contribution is 5.95. The maximum absolute atomic E-state index is 12.6. The number of benzene rings is 1. The summed E-state index contributed by atoms with van der Waals surface area (Å²) in [4.78, 5) is 24.9. The van der Waals surface area contributed by atoms with E-state index in [4.69, 9.17) is 9.15 Å². The molecule has 1 N–H and O–H groups in total. The number of hydrogen-bond acceptors (Lipinski definition) is 5. The number of halogens is 3. The van der Waals surface area contributed by atoms with Crippen LogP contribution in [-0.4, -0.2) is 54.0 Å². The van der Waals surface area contributed by atoms with Crippen LogP contribution in [0.5, 0.6) is 5.75 Å². The van der Waals surface area contributed by atoms with Gasteiger partial charge in [-0.15, -0.1) is 13.2 Å². The first kappa shape index (κ1) is 18.8. The number of carbonyl (C=O) groups is 2. The lowest BCUT2D eigenvalue weighted by Crippen LogP contribution is -2.52. The number of morpholine rings is 1. The van der Waals surface area contributed by atoms with Crippen molar-refractivity contribution < 1.29 is 41.8 Å². The summed E-state index contributed by atoms with van der Waals surface area (Å²) in [7, 11) is 0. The quantitative estimate of drug-likeness (QED) is 0.871. The van der Waals surface area contributed by atoms with Crippen molar-refractivity contribution in [3.05, 3.63) is 42.2 Å². The van der Waals surface area contributed by atoms with E-state index in [2.05, 4.69) is 4.74 Å². The van der Waals surface area contributed by atoms with E-state index in [-0.39, 0.29) is 36.8 Å². The van der Waals surface area contributed by atoms with Crippen molar-refractivity contribution in [1.82, 2.24) is 4.90 Å². The topological polar surface area (TPSA) is 89.2 Å². The molecular weight excluding hydrogens is 371 g/mol. The molecule has 10 heteroatoms. The van der Waals surface area contributed by atoms with Gasteiger partial charge in [0.2, 0.25) is 0 Å². The van der Waals surface area contributed by atoms with Gasteiger partial charge in [0.25, 0.3) is 5.91 Å². The summed E-state index contributed by atoms with van der Waals surface area (Å²) in [5.74, 6) is -2.60. The Balaban J connectivity index is 1.87. The van der Waals surface area contributed by atoms with Gasteiger partial charge in [-0.2, -0.15) is 0 Å². The highest BCUT2D eigenvalue weighted by atomic mass is 19.4. The van der Waals surface area contributed by atoms with Gasteiger partial charge in [0.05, 0.1) is 18.8 Å². The van der Waals surface area contributed by atoms with Gasteiger partial charge in [0.15, 0.2) is 11.8 Å². The SMILES string of the molecule is O=C(O)C1COCCN1C(=O)c1ccc(-c2ccccc2OC(F)(F)F)o1. The van der Waals surface area contributed by atoms with Crippen LogP contribution in [0.2, 0.25) is 0 Å². The molecule has 0 bridgehead atoms. The molecule has 27 heavy (non-hydrogen) atoms. The Hall–Kier alpha value is -3.01. The lowest BCUT2D eigenvalue weighted by Gasteiger charge is -2.32. The molecular formula is C17H14F3NO6. The fourth-order valence-corrected chi connectivity index (χ4v) is 2.67. The fraction of sp³-hybridized carbons (Fsp3) is 0.294. The van der Waals surface area contributed by atoms with Crippen molar-refractivity contribution in [2.75, 3.05) is 19.8 Å². The van der Waals surface area contributed by atoms with E-state index < -0.39 is 30.0 Å². The molecule has 0 saturated carbocycles. The molecule has 3 rings (SSSR count). The fourth-order valence-electron chi connectivity index (χ4n) is 2.67. The number of carboxylic acid groups (broad SMARTS) is 1. The van der Waals surface area contributed by atoms with Gasteiger partial charge in [0.1, 0.15) is 11.5 Å². The van der Waals surface area contributed by atoms with Gasteiger partial charge in [-0.05, 0) is 24.3 Å². The first-order valence-corrected chi connectivity index (χ1v) is 7.83. The van der Waals surface area contributed by atoms with Crippen molar-refractivity contribution >= 4 is 11.9 Å². The second-order valence-corrected chi connectivity index (χ2v) is 5.64. The summed E-state index contributed by atoms with van der Waals surface area (Å²) in [6.45, 7) is 0.0713. The van der Waals surface area contributed by atoms with Crippen LogP contribution in [0.4, 0.5) is 13.2 Å². The number of amides is 1. The van der Waals surface area contributed by atoms with Crippen molar-refractivity contribution in [1.29, 1.82) is 0 Å². The minimum Gasteiger partial charge on any atom is -0.480 e. The summed E-state index contributed by atoms with van der Waals surface area (Å²) < 4.78 is 52.1. The Bertz CT molecular complexity index is 847. The number of furan rings is 1. The van der Waals surface area contributed by atoms with Crippen molar-refractivity contribution in [2.45, 2.75) is 12.4 Å². The number of rotatable bonds is 4. The minimum atomic E-state index is -4.89. The molecule has 1 aromatic heterocycles. The summed E-state index contributed by atoms with van der Waals surface area (Å²) >= 11 is 0. The molecule has 1 atom stereocenters. The van der Waals surface area contributed by atoms with Crippen LogP contribution >= 0.6 is 0 Å². The van der Waals surface area contributed by atoms with Crippen LogP contribution in [0.15, 0.2) is 40.8 Å². The molecule has 1 aliphatic heterocycles. The first-order chi connectivity index (χ1) is 12.8. The summed E-state index contributed by atoms with van der Waals surface area (Å²) in [6.07, 6.45) is -4.89. The normalized spacial score (nSPS) is 17.6. The highest BCUT2D eigenvalue weighted by Gasteiger charge is 2.35. The van der Waals surface area contributed by atoms with Crippen LogP contribution in [0.1, 0.15) is 10.6 Å². The van der Waals surface area contributed by atoms with E-state index in [1.54, 1.807) is 0 Å². The number of ether oxygens (including phenoxy) is 2. The zero-order chi connectivity index (χ0) is 19.6. The molecule has 1 saturated heterocycles. The van der Waals surface area contributed by atoms with Gasteiger partial charge in [-0.3, -0.25) is 4.79 Å². The molecule has 1 aliphatic rings. The van der Waals surface area contributed by atoms with E-state index in [0.717, 1.165) is 11.0 Å². The molecule has 2 heterocycles. The smallest absolute Gasteiger partial charge is 0.480 e. The molecule has 0 spiro atoms. The van der Waals surface area contributed by atoms with Crippen LogP contribution in [0, 0.1) is 0 Å².